The fourth-order valence-electron chi connectivity index (χ4n) is 2.46. The minimum atomic E-state index is -0.371. The summed E-state index contributed by atoms with van der Waals surface area (Å²) in [5.74, 6) is 0.0944. The predicted molar refractivity (Wildman–Crippen MR) is 131 cm³/mol. The summed E-state index contributed by atoms with van der Waals surface area (Å²) in [6.45, 7) is 4.05. The van der Waals surface area contributed by atoms with Crippen molar-refractivity contribution >= 4 is 31.7 Å². The van der Waals surface area contributed by atoms with E-state index in [1.165, 1.54) is 0 Å². The Morgan fingerprint density at radius 3 is 1.53 bits per heavy atom. The molecule has 2 unspecified atom stereocenters. The number of nitrogens with zero attached hydrogens (tertiary/aromatic N) is 1. The molecule has 0 rings (SSSR count). The van der Waals surface area contributed by atoms with Crippen molar-refractivity contribution in [1.29, 1.82) is 0 Å². The molecule has 3 nitrogen and oxygen atoms in total. The monoisotopic (exact) mass is 606 g/mol. The van der Waals surface area contributed by atoms with Crippen LogP contribution in [0.3, 0.4) is 0 Å². The second-order valence-corrected chi connectivity index (χ2v) is 9.44. The van der Waals surface area contributed by atoms with E-state index in [-0.39, 0.29) is 15.6 Å². The fourth-order valence-corrected chi connectivity index (χ4v) is 3.33. The molecule has 0 heterocycles. The third-order valence-corrected chi connectivity index (χ3v) is 6.46. The maximum atomic E-state index is 12.0. The average molecular weight is 606 g/mol. The van der Waals surface area contributed by atoms with Gasteiger partial charge in [0.1, 0.15) is 0 Å². The zero-order chi connectivity index (χ0) is 22.5. The molecule has 1 amide bonds. The van der Waals surface area contributed by atoms with Gasteiger partial charge >= 0.3 is 120 Å². The van der Waals surface area contributed by atoms with E-state index in [0.29, 0.717) is 32.2 Å². The van der Waals surface area contributed by atoms with Crippen molar-refractivity contribution in [2.75, 3.05) is 7.05 Å². The van der Waals surface area contributed by atoms with Gasteiger partial charge < -0.3 is 0 Å². The topological polar surface area (TPSA) is 40.5 Å². The summed E-state index contributed by atoms with van der Waals surface area (Å²) in [4.78, 5) is 13.7. The number of likely N-dealkylation sites (N-methyl/N-ethyl adjacent to an activating group) is 1. The van der Waals surface area contributed by atoms with Crippen molar-refractivity contribution in [2.24, 2.45) is 0 Å². The summed E-state index contributed by atoms with van der Waals surface area (Å²) in [5.41, 5.74) is 0. The molecule has 0 aliphatic carbocycles. The number of aliphatic hydroxyl groups excluding tert-OH is 1. The maximum absolute atomic E-state index is 12.0. The normalized spacial score (nSPS) is 15.0. The molecule has 0 bridgehead atoms. The number of hydrogen-bond donors (Lipinski definition) is 1. The average Bonchev–Trinajstić information content (AvgIpc) is 2.73. The number of allylic oxidation sites excluding steroid dienone is 12. The quantitative estimate of drug-likeness (QED) is 0.179. The van der Waals surface area contributed by atoms with Crippen molar-refractivity contribution in [1.82, 2.24) is 4.90 Å². The Bertz CT molecular complexity index is 600. The van der Waals surface area contributed by atoms with Crippen LogP contribution in [0.25, 0.3) is 0 Å². The van der Waals surface area contributed by atoms with Gasteiger partial charge in [-0.1, -0.05) is 55.5 Å². The number of aliphatic hydroxyl groups is 1. The molecule has 0 aromatic rings. The molecule has 1 N–H and O–H groups in total. The molecule has 0 aromatic heterocycles. The van der Waals surface area contributed by atoms with E-state index in [2.05, 4.69) is 79.8 Å². The van der Waals surface area contributed by atoms with Crippen molar-refractivity contribution in [2.45, 2.75) is 74.9 Å². The van der Waals surface area contributed by atoms with Gasteiger partial charge in [0.25, 0.3) is 0 Å². The van der Waals surface area contributed by atoms with Crippen LogP contribution in [0, 0.1) is 0 Å². The first-order valence-corrected chi connectivity index (χ1v) is 13.3. The van der Waals surface area contributed by atoms with Crippen LogP contribution in [0.4, 0.5) is 0 Å². The van der Waals surface area contributed by atoms with E-state index in [4.69, 9.17) is 0 Å². The van der Waals surface area contributed by atoms with Crippen LogP contribution in [-0.2, 0) is 4.79 Å². The number of carbonyl (C=O) groups is 1. The van der Waals surface area contributed by atoms with Gasteiger partial charge in [-0.25, -0.2) is 0 Å². The predicted octanol–water partition coefficient (Wildman–Crippen LogP) is 5.80. The molecule has 0 saturated heterocycles. The van der Waals surface area contributed by atoms with Gasteiger partial charge in [-0.15, -0.1) is 0 Å². The first-order chi connectivity index (χ1) is 14.5. The Morgan fingerprint density at radius 2 is 1.17 bits per heavy atom. The molecule has 2 atom stereocenters. The molecular formula is C26H40NO2Pb. The van der Waals surface area contributed by atoms with Gasteiger partial charge in [0.05, 0.1) is 0 Å². The van der Waals surface area contributed by atoms with Crippen molar-refractivity contribution in [3.63, 3.8) is 0 Å². The molecular weight excluding hydrogens is 565 g/mol. The molecule has 4 heteroatoms. The van der Waals surface area contributed by atoms with Crippen LogP contribution in [0.15, 0.2) is 72.9 Å². The Labute approximate surface area is 200 Å². The third kappa shape index (κ3) is 17.6. The van der Waals surface area contributed by atoms with Gasteiger partial charge in [-0.2, -0.15) is 0 Å². The van der Waals surface area contributed by atoms with Gasteiger partial charge in [0.15, 0.2) is 0 Å². The first kappa shape index (κ1) is 28.8. The van der Waals surface area contributed by atoms with E-state index < -0.39 is 0 Å². The molecule has 0 aliphatic heterocycles. The summed E-state index contributed by atoms with van der Waals surface area (Å²) in [5, 5.41) is 9.61. The molecule has 0 aromatic carbocycles. The Balaban J connectivity index is 3.73. The molecule has 30 heavy (non-hydrogen) atoms. The summed E-state index contributed by atoms with van der Waals surface area (Å²) in [7, 11) is 1.77. The number of rotatable bonds is 16. The first-order valence-electron chi connectivity index (χ1n) is 11.1. The summed E-state index contributed by atoms with van der Waals surface area (Å²) in [6.07, 6.45) is 33.3. The zero-order valence-electron chi connectivity index (χ0n) is 19.0. The number of carbonyl (C=O) groups excluding carboxylic acids is 1. The number of amides is 1. The standard InChI is InChI=1S/C26H40NO2.Pb/c1-4-5-6-7-8-9-10-11-12-13-14-15-16-17-18-19-20-21-22-23-26(29)27(3)25(2)24-28;/h5-6,8-9,11-12,14-15,17-18,20-21,24-25,28H,4,7,10,13,16,19,22-23H2,1-3H3;/b6-5-,9-8-,12-11-,15-14-,18-17-,21-20-;. The van der Waals surface area contributed by atoms with Gasteiger partial charge in [0, 0.05) is 0 Å². The zero-order valence-corrected chi connectivity index (χ0v) is 22.9. The third-order valence-electron chi connectivity index (χ3n) is 4.58. The molecule has 0 spiro atoms. The van der Waals surface area contributed by atoms with Crippen LogP contribution in [0.1, 0.15) is 65.2 Å². The van der Waals surface area contributed by atoms with Crippen LogP contribution in [-0.4, -0.2) is 58.4 Å². The van der Waals surface area contributed by atoms with Crippen molar-refractivity contribution < 1.29 is 9.90 Å². The van der Waals surface area contributed by atoms with E-state index >= 15 is 0 Å². The van der Waals surface area contributed by atoms with E-state index in [9.17, 15) is 9.90 Å². The molecule has 3 radical (unpaired) electrons. The van der Waals surface area contributed by atoms with Gasteiger partial charge in [0.2, 0.25) is 0 Å². The Hall–Kier alpha value is -1.21. The second kappa shape index (κ2) is 21.0. The number of hydrogen-bond acceptors (Lipinski definition) is 2. The summed E-state index contributed by atoms with van der Waals surface area (Å²) < 4.78 is -0.371. The molecule has 0 saturated carbocycles. The summed E-state index contributed by atoms with van der Waals surface area (Å²) >= 11 is 0.681. The molecule has 165 valence electrons. The van der Waals surface area contributed by atoms with E-state index in [1.54, 1.807) is 11.9 Å². The van der Waals surface area contributed by atoms with Crippen molar-refractivity contribution in [3.05, 3.63) is 72.9 Å². The minimum absolute atomic E-state index is 0.0885. The second-order valence-electron chi connectivity index (χ2n) is 7.14. The molecule has 0 aliphatic rings. The van der Waals surface area contributed by atoms with Crippen LogP contribution in [0.5, 0.6) is 0 Å². The summed E-state index contributed by atoms with van der Waals surface area (Å²) in [6, 6.07) is -0.0885. The van der Waals surface area contributed by atoms with Crippen LogP contribution < -0.4 is 0 Å². The van der Waals surface area contributed by atoms with Crippen LogP contribution >= 0.6 is 0 Å². The molecule has 0 fully saturated rings. The van der Waals surface area contributed by atoms with E-state index in [0.717, 1.165) is 44.9 Å². The van der Waals surface area contributed by atoms with Crippen LogP contribution in [0.2, 0.25) is 0 Å². The Kier molecular flexibility index (Phi) is 20.2. The van der Waals surface area contributed by atoms with Crippen molar-refractivity contribution in [3.8, 4) is 0 Å². The Morgan fingerprint density at radius 1 is 0.800 bits per heavy atom. The van der Waals surface area contributed by atoms with E-state index in [1.807, 2.05) is 6.92 Å². The fraction of sp³-hybridized carbons (Fsp3) is 0.500. The van der Waals surface area contributed by atoms with Gasteiger partial charge in [-0.3, -0.25) is 0 Å². The SMILES string of the molecule is CC/C=C\C/C=C\C/C=C\C/C=C\C/C=C\C/C=C\CCC(=O)N(C)C(C)[CH](O)[Pb]. The van der Waals surface area contributed by atoms with Gasteiger partial charge in [-0.05, 0) is 25.7 Å².